The van der Waals surface area contributed by atoms with E-state index in [2.05, 4.69) is 34.7 Å². The van der Waals surface area contributed by atoms with Gasteiger partial charge in [-0.15, -0.1) is 0 Å². The normalized spacial score (nSPS) is 19.4. The van der Waals surface area contributed by atoms with E-state index in [-0.39, 0.29) is 18.0 Å². The number of nitrogens with one attached hydrogen (secondary N) is 2. The van der Waals surface area contributed by atoms with Crippen molar-refractivity contribution < 1.29 is 14.3 Å². The molecule has 0 bridgehead atoms. The molecule has 2 N–H and O–H groups in total. The van der Waals surface area contributed by atoms with Gasteiger partial charge in [0.25, 0.3) is 0 Å². The SMILES string of the molecule is CN1CCc2cc(NC(=O)C3CC(OCc4ccccc4)CN3C(=O)Nc3ccc(Cl)cc3)ccc2C1. The predicted octanol–water partition coefficient (Wildman–Crippen LogP) is 5.16. The van der Waals surface area contributed by atoms with Gasteiger partial charge in [0, 0.05) is 42.5 Å². The number of ether oxygens (including phenoxy) is 1. The number of nitrogens with zero attached hydrogens (tertiary/aromatic N) is 2. The lowest BCUT2D eigenvalue weighted by Crippen LogP contribution is -2.45. The monoisotopic (exact) mass is 518 g/mol. The summed E-state index contributed by atoms with van der Waals surface area (Å²) in [4.78, 5) is 30.5. The highest BCUT2D eigenvalue weighted by molar-refractivity contribution is 6.30. The van der Waals surface area contributed by atoms with Gasteiger partial charge in [0.2, 0.25) is 5.91 Å². The number of hydrogen-bond acceptors (Lipinski definition) is 4. The van der Waals surface area contributed by atoms with E-state index in [1.807, 2.05) is 36.4 Å². The minimum Gasteiger partial charge on any atom is -0.372 e. The first kappa shape index (κ1) is 25.3. The Bertz CT molecular complexity index is 1250. The molecule has 2 heterocycles. The number of benzene rings is 3. The Hall–Kier alpha value is -3.39. The summed E-state index contributed by atoms with van der Waals surface area (Å²) in [7, 11) is 2.11. The average Bonchev–Trinajstić information content (AvgIpc) is 3.34. The first-order chi connectivity index (χ1) is 17.9. The van der Waals surface area contributed by atoms with Crippen LogP contribution in [-0.2, 0) is 29.1 Å². The molecule has 2 unspecified atom stereocenters. The van der Waals surface area contributed by atoms with Crippen LogP contribution in [0.15, 0.2) is 72.8 Å². The molecule has 1 fully saturated rings. The van der Waals surface area contributed by atoms with Gasteiger partial charge in [-0.25, -0.2) is 4.79 Å². The number of carbonyl (C=O) groups excluding carboxylic acids is 2. The number of hydrogen-bond donors (Lipinski definition) is 2. The molecule has 192 valence electrons. The Kier molecular flexibility index (Phi) is 7.74. The van der Waals surface area contributed by atoms with Crippen LogP contribution >= 0.6 is 11.6 Å². The van der Waals surface area contributed by atoms with Gasteiger partial charge in [0.05, 0.1) is 12.7 Å². The van der Waals surface area contributed by atoms with Gasteiger partial charge in [-0.3, -0.25) is 4.79 Å². The Morgan fingerprint density at radius 2 is 1.73 bits per heavy atom. The fourth-order valence-corrected chi connectivity index (χ4v) is 5.03. The maximum atomic E-state index is 13.5. The van der Waals surface area contributed by atoms with E-state index >= 15 is 0 Å². The molecule has 0 spiro atoms. The number of urea groups is 1. The Labute approximate surface area is 222 Å². The quantitative estimate of drug-likeness (QED) is 0.473. The van der Waals surface area contributed by atoms with Crippen molar-refractivity contribution in [2.24, 2.45) is 0 Å². The third kappa shape index (κ3) is 6.31. The molecule has 2 atom stereocenters. The molecule has 5 rings (SSSR count). The summed E-state index contributed by atoms with van der Waals surface area (Å²) in [5.41, 5.74) is 4.95. The fraction of sp³-hybridized carbons (Fsp3) is 0.310. The number of anilines is 2. The second-order valence-corrected chi connectivity index (χ2v) is 10.2. The van der Waals surface area contributed by atoms with Crippen LogP contribution in [0, 0.1) is 0 Å². The molecular formula is C29H31ClN4O3. The van der Waals surface area contributed by atoms with Crippen molar-refractivity contribution in [2.75, 3.05) is 30.8 Å². The highest BCUT2D eigenvalue weighted by atomic mass is 35.5. The van der Waals surface area contributed by atoms with E-state index in [1.165, 1.54) is 11.1 Å². The molecule has 1 saturated heterocycles. The largest absolute Gasteiger partial charge is 0.372 e. The van der Waals surface area contributed by atoms with Crippen LogP contribution in [0.25, 0.3) is 0 Å². The molecule has 8 heteroatoms. The summed E-state index contributed by atoms with van der Waals surface area (Å²) >= 11 is 5.98. The minimum absolute atomic E-state index is 0.218. The van der Waals surface area contributed by atoms with Crippen molar-refractivity contribution in [2.45, 2.75) is 38.1 Å². The van der Waals surface area contributed by atoms with Gasteiger partial charge in [-0.2, -0.15) is 0 Å². The van der Waals surface area contributed by atoms with Crippen LogP contribution in [0.4, 0.5) is 16.2 Å². The summed E-state index contributed by atoms with van der Waals surface area (Å²) in [6.07, 6.45) is 1.11. The fourth-order valence-electron chi connectivity index (χ4n) is 4.91. The van der Waals surface area contributed by atoms with E-state index in [9.17, 15) is 9.59 Å². The summed E-state index contributed by atoms with van der Waals surface area (Å²) in [6, 6.07) is 21.8. The maximum Gasteiger partial charge on any atom is 0.322 e. The molecule has 37 heavy (non-hydrogen) atoms. The van der Waals surface area contributed by atoms with Crippen LogP contribution in [0.1, 0.15) is 23.1 Å². The van der Waals surface area contributed by atoms with Crippen molar-refractivity contribution in [3.05, 3.63) is 94.5 Å². The van der Waals surface area contributed by atoms with Crippen LogP contribution in [-0.4, -0.2) is 54.0 Å². The van der Waals surface area contributed by atoms with Crippen LogP contribution in [0.2, 0.25) is 5.02 Å². The number of carbonyl (C=O) groups is 2. The van der Waals surface area contributed by atoms with Crippen molar-refractivity contribution in [3.8, 4) is 0 Å². The molecule has 0 aliphatic carbocycles. The standard InChI is InChI=1S/C29H31ClN4O3/c1-33-14-13-21-15-25(10-7-22(21)17-33)31-28(35)27-16-26(37-19-20-5-3-2-4-6-20)18-34(27)29(36)32-24-11-8-23(30)9-12-24/h2-12,15,26-27H,13-14,16-19H2,1H3,(H,31,35)(H,32,36). The van der Waals surface area contributed by atoms with Gasteiger partial charge in [-0.05, 0) is 66.6 Å². The molecule has 3 aromatic rings. The zero-order chi connectivity index (χ0) is 25.8. The van der Waals surface area contributed by atoms with Crippen molar-refractivity contribution in [1.82, 2.24) is 9.80 Å². The maximum absolute atomic E-state index is 13.5. The Morgan fingerprint density at radius 3 is 2.51 bits per heavy atom. The van der Waals surface area contributed by atoms with Crippen molar-refractivity contribution in [3.63, 3.8) is 0 Å². The zero-order valence-electron chi connectivity index (χ0n) is 20.8. The average molecular weight is 519 g/mol. The summed E-state index contributed by atoms with van der Waals surface area (Å²) in [6.45, 7) is 2.64. The third-order valence-corrected chi connectivity index (χ3v) is 7.18. The summed E-state index contributed by atoms with van der Waals surface area (Å²) < 4.78 is 6.13. The van der Waals surface area contributed by atoms with Gasteiger partial charge in [0.1, 0.15) is 6.04 Å². The number of halogens is 1. The summed E-state index contributed by atoms with van der Waals surface area (Å²) in [5, 5.41) is 6.52. The Balaban J connectivity index is 1.29. The molecular weight excluding hydrogens is 488 g/mol. The van der Waals surface area contributed by atoms with Crippen molar-refractivity contribution >= 4 is 34.9 Å². The lowest BCUT2D eigenvalue weighted by Gasteiger charge is -2.26. The van der Waals surface area contributed by atoms with E-state index in [4.69, 9.17) is 16.3 Å². The highest BCUT2D eigenvalue weighted by Crippen LogP contribution is 2.26. The molecule has 2 aliphatic heterocycles. The topological polar surface area (TPSA) is 73.9 Å². The smallest absolute Gasteiger partial charge is 0.322 e. The molecule has 3 amide bonds. The van der Waals surface area contributed by atoms with E-state index in [0.717, 1.165) is 30.8 Å². The zero-order valence-corrected chi connectivity index (χ0v) is 21.6. The summed E-state index contributed by atoms with van der Waals surface area (Å²) in [5.74, 6) is -0.218. The number of likely N-dealkylation sites (tertiary alicyclic amines) is 1. The molecule has 3 aromatic carbocycles. The van der Waals surface area contributed by atoms with Gasteiger partial charge in [-0.1, -0.05) is 48.0 Å². The van der Waals surface area contributed by atoms with Gasteiger partial charge < -0.3 is 25.2 Å². The van der Waals surface area contributed by atoms with Crippen LogP contribution in [0.5, 0.6) is 0 Å². The number of fused-ring (bicyclic) bond motifs is 1. The third-order valence-electron chi connectivity index (χ3n) is 6.93. The predicted molar refractivity (Wildman–Crippen MR) is 146 cm³/mol. The highest BCUT2D eigenvalue weighted by Gasteiger charge is 2.40. The lowest BCUT2D eigenvalue weighted by molar-refractivity contribution is -0.119. The number of likely N-dealkylation sites (N-methyl/N-ethyl adjacent to an activating group) is 1. The van der Waals surface area contributed by atoms with Crippen LogP contribution < -0.4 is 10.6 Å². The van der Waals surface area contributed by atoms with E-state index in [0.29, 0.717) is 30.3 Å². The molecule has 0 saturated carbocycles. The molecule has 0 aromatic heterocycles. The van der Waals surface area contributed by atoms with Crippen LogP contribution in [0.3, 0.4) is 0 Å². The molecule has 7 nitrogen and oxygen atoms in total. The van der Waals surface area contributed by atoms with Crippen molar-refractivity contribution in [1.29, 1.82) is 0 Å². The number of amides is 3. The molecule has 2 aliphatic rings. The van der Waals surface area contributed by atoms with E-state index in [1.54, 1.807) is 29.2 Å². The van der Waals surface area contributed by atoms with E-state index < -0.39 is 6.04 Å². The molecule has 0 radical (unpaired) electrons. The van der Waals surface area contributed by atoms with Gasteiger partial charge >= 0.3 is 6.03 Å². The first-order valence-corrected chi connectivity index (χ1v) is 12.9. The number of rotatable bonds is 6. The first-order valence-electron chi connectivity index (χ1n) is 12.5. The van der Waals surface area contributed by atoms with Gasteiger partial charge in [0.15, 0.2) is 0 Å². The second kappa shape index (κ2) is 11.3. The lowest BCUT2D eigenvalue weighted by atomic mass is 9.99. The minimum atomic E-state index is -0.657. The second-order valence-electron chi connectivity index (χ2n) is 9.72. The Morgan fingerprint density at radius 1 is 0.973 bits per heavy atom.